The predicted molar refractivity (Wildman–Crippen MR) is 66.3 cm³/mol. The molecule has 1 aromatic rings. The highest BCUT2D eigenvalue weighted by Gasteiger charge is 2.22. The average Bonchev–Trinajstić information content (AvgIpc) is 2.75. The van der Waals surface area contributed by atoms with Crippen LogP contribution in [-0.4, -0.2) is 23.0 Å². The minimum Gasteiger partial charge on any atom is -0.356 e. The van der Waals surface area contributed by atoms with Gasteiger partial charge in [0.25, 0.3) is 5.69 Å². The Hall–Kier alpha value is -1.65. The maximum absolute atomic E-state index is 10.8. The van der Waals surface area contributed by atoms with E-state index in [0.29, 0.717) is 12.3 Å². The van der Waals surface area contributed by atoms with E-state index in [2.05, 4.69) is 16.8 Å². The van der Waals surface area contributed by atoms with Crippen molar-refractivity contribution in [2.45, 2.75) is 26.7 Å². The van der Waals surface area contributed by atoms with Gasteiger partial charge in [0, 0.05) is 18.7 Å². The molecule has 1 aromatic heterocycles. The average molecular weight is 235 g/mol. The van der Waals surface area contributed by atoms with Crippen LogP contribution in [0.5, 0.6) is 0 Å². The van der Waals surface area contributed by atoms with Crippen molar-refractivity contribution in [1.29, 1.82) is 0 Å². The third-order valence-corrected chi connectivity index (χ3v) is 3.28. The molecule has 0 aromatic carbocycles. The van der Waals surface area contributed by atoms with Gasteiger partial charge in [0.2, 0.25) is 0 Å². The van der Waals surface area contributed by atoms with Gasteiger partial charge >= 0.3 is 0 Å². The van der Waals surface area contributed by atoms with Gasteiger partial charge in [-0.1, -0.05) is 13.8 Å². The van der Waals surface area contributed by atoms with Crippen LogP contribution in [0.3, 0.4) is 0 Å². The number of anilines is 1. The van der Waals surface area contributed by atoms with Crippen molar-refractivity contribution in [2.24, 2.45) is 5.92 Å². The summed E-state index contributed by atoms with van der Waals surface area (Å²) in [5, 5.41) is 10.8. The zero-order chi connectivity index (χ0) is 12.4. The van der Waals surface area contributed by atoms with Crippen molar-refractivity contribution in [3.8, 4) is 0 Å². The molecule has 1 aliphatic rings. The quantitative estimate of drug-likeness (QED) is 0.596. The first-order chi connectivity index (χ1) is 8.11. The summed E-state index contributed by atoms with van der Waals surface area (Å²) in [4.78, 5) is 16.9. The van der Waals surface area contributed by atoms with Gasteiger partial charge in [-0.25, -0.2) is 4.98 Å². The van der Waals surface area contributed by atoms with Gasteiger partial charge in [0.15, 0.2) is 0 Å². The number of hydrogen-bond donors (Lipinski definition) is 0. The fourth-order valence-electron chi connectivity index (χ4n) is 2.24. The van der Waals surface area contributed by atoms with Crippen LogP contribution in [0.15, 0.2) is 12.3 Å². The van der Waals surface area contributed by atoms with Gasteiger partial charge in [0.1, 0.15) is 12.0 Å². The summed E-state index contributed by atoms with van der Waals surface area (Å²) >= 11 is 0. The first-order valence-corrected chi connectivity index (χ1v) is 6.00. The number of hydrogen-bond acceptors (Lipinski definition) is 4. The summed E-state index contributed by atoms with van der Waals surface area (Å²) in [5.74, 6) is 1.55. The second-order valence-corrected chi connectivity index (χ2v) is 4.62. The molecule has 0 radical (unpaired) electrons. The molecule has 2 heterocycles. The monoisotopic (exact) mass is 235 g/mol. The summed E-state index contributed by atoms with van der Waals surface area (Å²) < 4.78 is 0. The van der Waals surface area contributed by atoms with Crippen molar-refractivity contribution >= 4 is 11.5 Å². The van der Waals surface area contributed by atoms with Crippen LogP contribution in [0, 0.1) is 16.0 Å². The normalized spacial score (nSPS) is 19.6. The lowest BCUT2D eigenvalue weighted by molar-refractivity contribution is -0.385. The molecule has 0 N–H and O–H groups in total. The minimum atomic E-state index is -0.359. The molecular formula is C12H17N3O2. The van der Waals surface area contributed by atoms with Crippen LogP contribution in [0.1, 0.15) is 25.8 Å². The maximum Gasteiger partial charge on any atom is 0.290 e. The van der Waals surface area contributed by atoms with Crippen LogP contribution in [-0.2, 0) is 6.42 Å². The molecule has 0 aliphatic carbocycles. The molecule has 0 bridgehead atoms. The van der Waals surface area contributed by atoms with Crippen molar-refractivity contribution in [3.05, 3.63) is 27.9 Å². The van der Waals surface area contributed by atoms with E-state index in [0.717, 1.165) is 24.5 Å². The minimum absolute atomic E-state index is 0.128. The molecule has 0 saturated carbocycles. The Bertz CT molecular complexity index is 434. The highest BCUT2D eigenvalue weighted by molar-refractivity contribution is 5.49. The van der Waals surface area contributed by atoms with Crippen LogP contribution in [0.25, 0.3) is 0 Å². The van der Waals surface area contributed by atoms with Gasteiger partial charge in [-0.2, -0.15) is 0 Å². The number of rotatable bonds is 3. The molecule has 1 atom stereocenters. The highest BCUT2D eigenvalue weighted by Crippen LogP contribution is 2.26. The Morgan fingerprint density at radius 3 is 2.94 bits per heavy atom. The second kappa shape index (κ2) is 4.69. The lowest BCUT2D eigenvalue weighted by Gasteiger charge is -2.17. The van der Waals surface area contributed by atoms with Gasteiger partial charge in [-0.05, 0) is 24.8 Å². The summed E-state index contributed by atoms with van der Waals surface area (Å²) in [5.41, 5.74) is 0.892. The van der Waals surface area contributed by atoms with E-state index in [1.807, 2.05) is 13.0 Å². The largest absolute Gasteiger partial charge is 0.356 e. The van der Waals surface area contributed by atoms with Crippen LogP contribution in [0.2, 0.25) is 0 Å². The third-order valence-electron chi connectivity index (χ3n) is 3.28. The molecule has 1 aliphatic heterocycles. The topological polar surface area (TPSA) is 59.3 Å². The Morgan fingerprint density at radius 2 is 2.41 bits per heavy atom. The van der Waals surface area contributed by atoms with E-state index < -0.39 is 0 Å². The number of nitro groups is 1. The van der Waals surface area contributed by atoms with Crippen molar-refractivity contribution in [2.75, 3.05) is 18.0 Å². The maximum atomic E-state index is 10.8. The fraction of sp³-hybridized carbons (Fsp3) is 0.583. The number of aryl methyl sites for hydroxylation is 1. The molecule has 1 fully saturated rings. The van der Waals surface area contributed by atoms with Crippen molar-refractivity contribution in [1.82, 2.24) is 4.98 Å². The van der Waals surface area contributed by atoms with Crippen LogP contribution >= 0.6 is 0 Å². The number of aromatic nitrogens is 1. The van der Waals surface area contributed by atoms with E-state index >= 15 is 0 Å². The Morgan fingerprint density at radius 1 is 1.65 bits per heavy atom. The molecule has 5 nitrogen and oxygen atoms in total. The van der Waals surface area contributed by atoms with Gasteiger partial charge in [-0.3, -0.25) is 10.1 Å². The summed E-state index contributed by atoms with van der Waals surface area (Å²) in [6, 6.07) is 1.86. The summed E-state index contributed by atoms with van der Waals surface area (Å²) in [6.45, 7) is 6.13. The first-order valence-electron chi connectivity index (χ1n) is 6.00. The molecule has 1 saturated heterocycles. The second-order valence-electron chi connectivity index (χ2n) is 4.62. The highest BCUT2D eigenvalue weighted by atomic mass is 16.6. The Balaban J connectivity index is 2.28. The molecule has 92 valence electrons. The van der Waals surface area contributed by atoms with E-state index in [9.17, 15) is 10.1 Å². The van der Waals surface area contributed by atoms with Gasteiger partial charge < -0.3 is 4.90 Å². The van der Waals surface area contributed by atoms with Gasteiger partial charge in [-0.15, -0.1) is 0 Å². The van der Waals surface area contributed by atoms with Crippen LogP contribution in [0.4, 0.5) is 11.5 Å². The summed E-state index contributed by atoms with van der Waals surface area (Å²) in [7, 11) is 0. The van der Waals surface area contributed by atoms with Crippen molar-refractivity contribution < 1.29 is 4.92 Å². The lowest BCUT2D eigenvalue weighted by Crippen LogP contribution is -2.20. The molecule has 2 rings (SSSR count). The Labute approximate surface area is 101 Å². The first kappa shape index (κ1) is 11.8. The van der Waals surface area contributed by atoms with Crippen LogP contribution < -0.4 is 4.90 Å². The molecular weight excluding hydrogens is 218 g/mol. The number of pyridine rings is 1. The zero-order valence-electron chi connectivity index (χ0n) is 10.2. The lowest BCUT2D eigenvalue weighted by atomic mass is 10.1. The Kier molecular flexibility index (Phi) is 3.26. The van der Waals surface area contributed by atoms with Crippen molar-refractivity contribution in [3.63, 3.8) is 0 Å². The predicted octanol–water partition coefficient (Wildman–Crippen LogP) is 2.40. The van der Waals surface area contributed by atoms with E-state index in [1.54, 1.807) is 0 Å². The smallest absolute Gasteiger partial charge is 0.290 e. The molecule has 17 heavy (non-hydrogen) atoms. The summed E-state index contributed by atoms with van der Waals surface area (Å²) in [6.07, 6.45) is 3.21. The number of nitrogens with zero attached hydrogens (tertiary/aromatic N) is 3. The van der Waals surface area contributed by atoms with E-state index in [1.165, 1.54) is 12.6 Å². The molecule has 0 spiro atoms. The van der Waals surface area contributed by atoms with E-state index in [-0.39, 0.29) is 10.6 Å². The SMILES string of the molecule is CCc1cc(N2CC[C@H](C)C2)ncc1[N+](=O)[O-]. The molecule has 0 unspecified atom stereocenters. The van der Waals surface area contributed by atoms with Gasteiger partial charge in [0.05, 0.1) is 4.92 Å². The fourth-order valence-corrected chi connectivity index (χ4v) is 2.24. The molecule has 0 amide bonds. The van der Waals surface area contributed by atoms with E-state index in [4.69, 9.17) is 0 Å². The molecule has 5 heteroatoms. The standard InChI is InChI=1S/C12H17N3O2/c1-3-10-6-12(13-7-11(10)15(16)17)14-5-4-9(2)8-14/h6-7,9H,3-5,8H2,1-2H3/t9-/m0/s1. The third kappa shape index (κ3) is 2.38. The zero-order valence-corrected chi connectivity index (χ0v) is 10.2.